The Kier molecular flexibility index (Phi) is 4.30. The predicted octanol–water partition coefficient (Wildman–Crippen LogP) is 2.67. The van der Waals surface area contributed by atoms with Crippen LogP contribution in [0, 0.1) is 12.7 Å². The van der Waals surface area contributed by atoms with Crippen LogP contribution in [0.3, 0.4) is 0 Å². The van der Waals surface area contributed by atoms with Crippen LogP contribution in [0.25, 0.3) is 10.9 Å². The summed E-state index contributed by atoms with van der Waals surface area (Å²) in [5.41, 5.74) is 2.41. The minimum Gasteiger partial charge on any atom is -0.354 e. The summed E-state index contributed by atoms with van der Waals surface area (Å²) in [4.78, 5) is 22.1. The Morgan fingerprint density at radius 3 is 2.77 bits per heavy atom. The van der Waals surface area contributed by atoms with Crippen molar-refractivity contribution < 1.29 is 9.18 Å². The summed E-state index contributed by atoms with van der Waals surface area (Å²) in [6.07, 6.45) is 1.66. The molecule has 2 aromatic heterocycles. The maximum atomic E-state index is 13.5. The normalized spacial score (nSPS) is 14.6. The van der Waals surface area contributed by atoms with Gasteiger partial charge in [0, 0.05) is 37.1 Å². The number of amides is 1. The summed E-state index contributed by atoms with van der Waals surface area (Å²) in [5.74, 6) is 0.301. The number of H-pyrrole nitrogens is 1. The van der Waals surface area contributed by atoms with E-state index in [0.29, 0.717) is 16.9 Å². The largest absolute Gasteiger partial charge is 0.354 e. The lowest BCUT2D eigenvalue weighted by Crippen LogP contribution is -2.43. The molecule has 7 heteroatoms. The fourth-order valence-electron chi connectivity index (χ4n) is 3.24. The molecule has 0 unspecified atom stereocenters. The first kappa shape index (κ1) is 16.5. The molecule has 1 fully saturated rings. The molecular weight excluding hydrogens is 333 g/mol. The highest BCUT2D eigenvalue weighted by Gasteiger charge is 2.14. The average molecular weight is 353 g/mol. The number of aromatic amines is 1. The van der Waals surface area contributed by atoms with E-state index in [9.17, 15) is 9.18 Å². The van der Waals surface area contributed by atoms with Gasteiger partial charge in [0.25, 0.3) is 5.91 Å². The standard InChI is InChI=1S/C19H20FN5O/c1-12-8-13(20)9-16-15(12)10-17(24-16)19(26)23-14-2-3-18(22-11-14)25-6-4-21-5-7-25/h2-3,8-11,21,24H,4-7H2,1H3,(H,23,26). The number of halogens is 1. The van der Waals surface area contributed by atoms with Gasteiger partial charge in [0.1, 0.15) is 17.3 Å². The zero-order chi connectivity index (χ0) is 18.1. The van der Waals surface area contributed by atoms with Gasteiger partial charge in [-0.25, -0.2) is 9.37 Å². The summed E-state index contributed by atoms with van der Waals surface area (Å²) in [7, 11) is 0. The fourth-order valence-corrected chi connectivity index (χ4v) is 3.24. The van der Waals surface area contributed by atoms with Gasteiger partial charge in [-0.3, -0.25) is 4.79 Å². The number of aryl methyl sites for hydroxylation is 1. The zero-order valence-electron chi connectivity index (χ0n) is 14.5. The van der Waals surface area contributed by atoms with E-state index in [1.54, 1.807) is 12.3 Å². The Morgan fingerprint density at radius 2 is 2.04 bits per heavy atom. The van der Waals surface area contributed by atoms with Crippen LogP contribution in [0.5, 0.6) is 0 Å². The third kappa shape index (κ3) is 3.25. The second-order valence-electron chi connectivity index (χ2n) is 6.46. The number of pyridine rings is 1. The summed E-state index contributed by atoms with van der Waals surface area (Å²) in [5, 5.41) is 6.97. The van der Waals surface area contributed by atoms with Crippen LogP contribution >= 0.6 is 0 Å². The van der Waals surface area contributed by atoms with E-state index in [2.05, 4.69) is 25.5 Å². The highest BCUT2D eigenvalue weighted by molar-refractivity contribution is 6.06. The molecule has 4 rings (SSSR count). The number of anilines is 2. The minimum absolute atomic E-state index is 0.280. The van der Waals surface area contributed by atoms with E-state index in [1.807, 2.05) is 19.1 Å². The van der Waals surface area contributed by atoms with Crippen LogP contribution in [-0.2, 0) is 0 Å². The third-order valence-electron chi connectivity index (χ3n) is 4.60. The van der Waals surface area contributed by atoms with Crippen LogP contribution in [0.4, 0.5) is 15.9 Å². The summed E-state index contributed by atoms with van der Waals surface area (Å²) < 4.78 is 13.5. The molecule has 0 radical (unpaired) electrons. The minimum atomic E-state index is -0.323. The van der Waals surface area contributed by atoms with Crippen LogP contribution in [0.1, 0.15) is 16.1 Å². The number of nitrogens with one attached hydrogen (secondary N) is 3. The van der Waals surface area contributed by atoms with Gasteiger partial charge in [-0.15, -0.1) is 0 Å². The monoisotopic (exact) mass is 353 g/mol. The lowest BCUT2D eigenvalue weighted by Gasteiger charge is -2.28. The van der Waals surface area contributed by atoms with E-state index in [1.165, 1.54) is 12.1 Å². The first-order valence-electron chi connectivity index (χ1n) is 8.62. The molecular formula is C19H20FN5O. The molecule has 1 amide bonds. The molecule has 0 saturated carbocycles. The quantitative estimate of drug-likeness (QED) is 0.677. The molecule has 134 valence electrons. The number of hydrogen-bond donors (Lipinski definition) is 3. The summed E-state index contributed by atoms with van der Waals surface area (Å²) >= 11 is 0. The number of nitrogens with zero attached hydrogens (tertiary/aromatic N) is 2. The van der Waals surface area contributed by atoms with Crippen molar-refractivity contribution in [2.24, 2.45) is 0 Å². The average Bonchev–Trinajstić information content (AvgIpc) is 3.08. The lowest BCUT2D eigenvalue weighted by atomic mass is 10.1. The van der Waals surface area contributed by atoms with Crippen molar-refractivity contribution in [3.05, 3.63) is 53.6 Å². The Morgan fingerprint density at radius 1 is 1.23 bits per heavy atom. The fraction of sp³-hybridized carbons (Fsp3) is 0.263. The molecule has 3 N–H and O–H groups in total. The van der Waals surface area contributed by atoms with Gasteiger partial charge in [0.15, 0.2) is 0 Å². The van der Waals surface area contributed by atoms with Gasteiger partial charge in [-0.2, -0.15) is 0 Å². The molecule has 0 aliphatic carbocycles. The maximum Gasteiger partial charge on any atom is 0.272 e. The Balaban J connectivity index is 1.50. The van der Waals surface area contributed by atoms with Crippen molar-refractivity contribution in [2.45, 2.75) is 6.92 Å². The second kappa shape index (κ2) is 6.76. The van der Waals surface area contributed by atoms with Crippen molar-refractivity contribution >= 4 is 28.3 Å². The third-order valence-corrected chi connectivity index (χ3v) is 4.60. The number of piperazine rings is 1. The molecule has 0 bridgehead atoms. The van der Waals surface area contributed by atoms with Crippen LogP contribution in [-0.4, -0.2) is 42.1 Å². The zero-order valence-corrected chi connectivity index (χ0v) is 14.5. The number of carbonyl (C=O) groups excluding carboxylic acids is 1. The van der Waals surface area contributed by atoms with Crippen molar-refractivity contribution in [1.82, 2.24) is 15.3 Å². The molecule has 1 saturated heterocycles. The van der Waals surface area contributed by atoms with Gasteiger partial charge in [0.05, 0.1) is 11.9 Å². The van der Waals surface area contributed by atoms with E-state index >= 15 is 0 Å². The second-order valence-corrected chi connectivity index (χ2v) is 6.46. The summed E-state index contributed by atoms with van der Waals surface area (Å²) in [6, 6.07) is 8.34. The van der Waals surface area contributed by atoms with E-state index in [4.69, 9.17) is 0 Å². The topological polar surface area (TPSA) is 73.1 Å². The van der Waals surface area contributed by atoms with Crippen molar-refractivity contribution in [2.75, 3.05) is 36.4 Å². The summed E-state index contributed by atoms with van der Waals surface area (Å²) in [6.45, 7) is 5.55. The number of fused-ring (bicyclic) bond motifs is 1. The predicted molar refractivity (Wildman–Crippen MR) is 100 cm³/mol. The van der Waals surface area contributed by atoms with E-state index < -0.39 is 0 Å². The molecule has 1 aromatic carbocycles. The Labute approximate surface area is 150 Å². The molecule has 1 aliphatic rings. The SMILES string of the molecule is Cc1cc(F)cc2[nH]c(C(=O)Nc3ccc(N4CCNCC4)nc3)cc12. The highest BCUT2D eigenvalue weighted by Crippen LogP contribution is 2.22. The molecule has 3 aromatic rings. The van der Waals surface area contributed by atoms with E-state index in [-0.39, 0.29) is 11.7 Å². The van der Waals surface area contributed by atoms with Crippen LogP contribution in [0.2, 0.25) is 0 Å². The number of hydrogen-bond acceptors (Lipinski definition) is 4. The maximum absolute atomic E-state index is 13.5. The van der Waals surface area contributed by atoms with Gasteiger partial charge in [-0.1, -0.05) is 0 Å². The van der Waals surface area contributed by atoms with Crippen molar-refractivity contribution in [3.63, 3.8) is 0 Å². The first-order valence-corrected chi connectivity index (χ1v) is 8.62. The van der Waals surface area contributed by atoms with Crippen molar-refractivity contribution in [1.29, 1.82) is 0 Å². The van der Waals surface area contributed by atoms with Gasteiger partial charge in [-0.05, 0) is 42.8 Å². The van der Waals surface area contributed by atoms with Crippen LogP contribution < -0.4 is 15.5 Å². The Hall–Kier alpha value is -2.93. The smallest absolute Gasteiger partial charge is 0.272 e. The molecule has 1 aliphatic heterocycles. The molecule has 0 atom stereocenters. The molecule has 3 heterocycles. The molecule has 6 nitrogen and oxygen atoms in total. The lowest BCUT2D eigenvalue weighted by molar-refractivity contribution is 0.102. The first-order chi connectivity index (χ1) is 12.6. The number of rotatable bonds is 3. The molecule has 0 spiro atoms. The van der Waals surface area contributed by atoms with Crippen molar-refractivity contribution in [3.8, 4) is 0 Å². The number of aromatic nitrogens is 2. The van der Waals surface area contributed by atoms with E-state index in [0.717, 1.165) is 42.9 Å². The van der Waals surface area contributed by atoms with Gasteiger partial charge < -0.3 is 20.5 Å². The number of benzene rings is 1. The van der Waals surface area contributed by atoms with Crippen LogP contribution in [0.15, 0.2) is 36.5 Å². The highest BCUT2D eigenvalue weighted by atomic mass is 19.1. The Bertz CT molecular complexity index is 944. The van der Waals surface area contributed by atoms with Gasteiger partial charge >= 0.3 is 0 Å². The van der Waals surface area contributed by atoms with Gasteiger partial charge in [0.2, 0.25) is 0 Å². The number of carbonyl (C=O) groups is 1. The molecule has 26 heavy (non-hydrogen) atoms.